The Morgan fingerprint density at radius 2 is 2.12 bits per heavy atom. The van der Waals surface area contributed by atoms with Crippen LogP contribution in [-0.2, 0) is 6.42 Å². The first-order valence-corrected chi connectivity index (χ1v) is 5.84. The van der Waals surface area contributed by atoms with Gasteiger partial charge < -0.3 is 5.73 Å². The van der Waals surface area contributed by atoms with E-state index in [1.165, 1.54) is 0 Å². The quantitative estimate of drug-likeness (QED) is 0.829. The highest BCUT2D eigenvalue weighted by Gasteiger charge is 2.05. The maximum atomic E-state index is 6.13. The Labute approximate surface area is 100 Å². The highest BCUT2D eigenvalue weighted by molar-refractivity contribution is 6.30. The van der Waals surface area contributed by atoms with E-state index in [9.17, 15) is 0 Å². The van der Waals surface area contributed by atoms with Crippen LogP contribution in [0.1, 0.15) is 18.9 Å². The van der Waals surface area contributed by atoms with Crippen LogP contribution in [0, 0.1) is 0 Å². The van der Waals surface area contributed by atoms with Gasteiger partial charge in [0.2, 0.25) is 0 Å². The van der Waals surface area contributed by atoms with Gasteiger partial charge in [-0.3, -0.25) is 0 Å². The lowest BCUT2D eigenvalue weighted by molar-refractivity contribution is 0.665. The molecule has 16 heavy (non-hydrogen) atoms. The predicted octanol–water partition coefficient (Wildman–Crippen LogP) is 3.17. The monoisotopic (exact) mass is 234 g/mol. The molecular formula is C13H15ClN2. The minimum Gasteiger partial charge on any atom is -0.328 e. The van der Waals surface area contributed by atoms with E-state index in [0.29, 0.717) is 5.15 Å². The molecule has 0 bridgehead atoms. The SMILES string of the molecule is C[C@H](N)CCc1cc2ccccc2nc1Cl. The fourth-order valence-electron chi connectivity index (χ4n) is 1.69. The summed E-state index contributed by atoms with van der Waals surface area (Å²) < 4.78 is 0. The van der Waals surface area contributed by atoms with Crippen molar-refractivity contribution in [2.45, 2.75) is 25.8 Å². The third kappa shape index (κ3) is 2.52. The summed E-state index contributed by atoms with van der Waals surface area (Å²) in [4.78, 5) is 4.38. The van der Waals surface area contributed by atoms with Crippen molar-refractivity contribution in [3.8, 4) is 0 Å². The van der Waals surface area contributed by atoms with Crippen molar-refractivity contribution in [2.24, 2.45) is 5.73 Å². The highest BCUT2D eigenvalue weighted by Crippen LogP contribution is 2.21. The summed E-state index contributed by atoms with van der Waals surface area (Å²) in [5.41, 5.74) is 7.76. The van der Waals surface area contributed by atoms with E-state index in [4.69, 9.17) is 17.3 Å². The summed E-state index contributed by atoms with van der Waals surface area (Å²) in [5.74, 6) is 0. The number of halogens is 1. The first kappa shape index (κ1) is 11.4. The summed E-state index contributed by atoms with van der Waals surface area (Å²) >= 11 is 6.13. The first-order chi connectivity index (χ1) is 7.66. The van der Waals surface area contributed by atoms with E-state index in [1.54, 1.807) is 0 Å². The Kier molecular flexibility index (Phi) is 3.42. The molecule has 2 nitrogen and oxygen atoms in total. The van der Waals surface area contributed by atoms with E-state index in [1.807, 2.05) is 31.2 Å². The summed E-state index contributed by atoms with van der Waals surface area (Å²) in [6, 6.07) is 10.3. The van der Waals surface area contributed by atoms with Crippen molar-refractivity contribution in [1.29, 1.82) is 0 Å². The molecule has 0 aliphatic rings. The van der Waals surface area contributed by atoms with Crippen molar-refractivity contribution in [3.63, 3.8) is 0 Å². The number of nitrogens with zero attached hydrogens (tertiary/aromatic N) is 1. The molecule has 0 amide bonds. The fourth-order valence-corrected chi connectivity index (χ4v) is 1.93. The van der Waals surface area contributed by atoms with Gasteiger partial charge in [0.1, 0.15) is 5.15 Å². The number of aromatic nitrogens is 1. The molecular weight excluding hydrogens is 220 g/mol. The van der Waals surface area contributed by atoms with Crippen molar-refractivity contribution in [1.82, 2.24) is 4.98 Å². The topological polar surface area (TPSA) is 38.9 Å². The Hall–Kier alpha value is -1.12. The molecule has 2 N–H and O–H groups in total. The Balaban J connectivity index is 2.34. The molecule has 0 aliphatic carbocycles. The van der Waals surface area contributed by atoms with Gasteiger partial charge in [-0.1, -0.05) is 29.8 Å². The number of hydrogen-bond donors (Lipinski definition) is 1. The van der Waals surface area contributed by atoms with Gasteiger partial charge in [-0.2, -0.15) is 0 Å². The molecule has 0 radical (unpaired) electrons. The van der Waals surface area contributed by atoms with Gasteiger partial charge in [0, 0.05) is 11.4 Å². The summed E-state index contributed by atoms with van der Waals surface area (Å²) in [6.45, 7) is 2.00. The number of benzene rings is 1. The van der Waals surface area contributed by atoms with E-state index >= 15 is 0 Å². The molecule has 84 valence electrons. The van der Waals surface area contributed by atoms with Gasteiger partial charge in [-0.25, -0.2) is 4.98 Å². The van der Waals surface area contributed by atoms with Gasteiger partial charge in [0.15, 0.2) is 0 Å². The molecule has 1 aromatic carbocycles. The zero-order chi connectivity index (χ0) is 11.5. The maximum absolute atomic E-state index is 6.13. The molecule has 2 rings (SSSR count). The molecule has 0 unspecified atom stereocenters. The second-order valence-corrected chi connectivity index (χ2v) is 4.50. The third-order valence-electron chi connectivity index (χ3n) is 2.62. The fraction of sp³-hybridized carbons (Fsp3) is 0.308. The molecule has 2 aromatic rings. The average molecular weight is 235 g/mol. The van der Waals surface area contributed by atoms with Crippen LogP contribution in [0.5, 0.6) is 0 Å². The van der Waals surface area contributed by atoms with Crippen LogP contribution in [0.3, 0.4) is 0 Å². The largest absolute Gasteiger partial charge is 0.328 e. The summed E-state index contributed by atoms with van der Waals surface area (Å²) in [6.07, 6.45) is 1.81. The Bertz CT molecular complexity index is 494. The molecule has 0 saturated heterocycles. The van der Waals surface area contributed by atoms with Crippen molar-refractivity contribution >= 4 is 22.5 Å². The van der Waals surface area contributed by atoms with Crippen molar-refractivity contribution in [3.05, 3.63) is 41.0 Å². The summed E-state index contributed by atoms with van der Waals surface area (Å²) in [7, 11) is 0. The Morgan fingerprint density at radius 1 is 1.38 bits per heavy atom. The second kappa shape index (κ2) is 4.81. The summed E-state index contributed by atoms with van der Waals surface area (Å²) in [5, 5.41) is 1.73. The lowest BCUT2D eigenvalue weighted by Gasteiger charge is -2.07. The smallest absolute Gasteiger partial charge is 0.132 e. The number of fused-ring (bicyclic) bond motifs is 1. The van der Waals surface area contributed by atoms with Gasteiger partial charge in [0.05, 0.1) is 5.52 Å². The van der Waals surface area contributed by atoms with Crippen LogP contribution < -0.4 is 5.73 Å². The molecule has 3 heteroatoms. The van der Waals surface area contributed by atoms with Gasteiger partial charge in [-0.15, -0.1) is 0 Å². The minimum atomic E-state index is 0.197. The minimum absolute atomic E-state index is 0.197. The second-order valence-electron chi connectivity index (χ2n) is 4.15. The molecule has 0 fully saturated rings. The number of rotatable bonds is 3. The Morgan fingerprint density at radius 3 is 2.88 bits per heavy atom. The number of aryl methyl sites for hydroxylation is 1. The van der Waals surface area contributed by atoms with Crippen LogP contribution >= 0.6 is 11.6 Å². The van der Waals surface area contributed by atoms with Crippen LogP contribution in [0.4, 0.5) is 0 Å². The number of pyridine rings is 1. The zero-order valence-electron chi connectivity index (χ0n) is 9.28. The van der Waals surface area contributed by atoms with E-state index in [2.05, 4.69) is 11.1 Å². The number of para-hydroxylation sites is 1. The van der Waals surface area contributed by atoms with Crippen molar-refractivity contribution in [2.75, 3.05) is 0 Å². The maximum Gasteiger partial charge on any atom is 0.132 e. The molecule has 1 aromatic heterocycles. The van der Waals surface area contributed by atoms with E-state index in [-0.39, 0.29) is 6.04 Å². The normalized spacial score (nSPS) is 12.9. The molecule has 0 spiro atoms. The number of nitrogens with two attached hydrogens (primary N) is 1. The lowest BCUT2D eigenvalue weighted by Crippen LogP contribution is -2.15. The van der Waals surface area contributed by atoms with Crippen LogP contribution in [0.2, 0.25) is 5.15 Å². The van der Waals surface area contributed by atoms with Crippen LogP contribution in [0.15, 0.2) is 30.3 Å². The van der Waals surface area contributed by atoms with Crippen LogP contribution in [0.25, 0.3) is 10.9 Å². The zero-order valence-corrected chi connectivity index (χ0v) is 10.0. The average Bonchev–Trinajstić information content (AvgIpc) is 2.26. The molecule has 1 atom stereocenters. The third-order valence-corrected chi connectivity index (χ3v) is 2.95. The highest BCUT2D eigenvalue weighted by atomic mass is 35.5. The van der Waals surface area contributed by atoms with Crippen LogP contribution in [-0.4, -0.2) is 11.0 Å². The van der Waals surface area contributed by atoms with Crippen molar-refractivity contribution < 1.29 is 0 Å². The standard InChI is InChI=1S/C13H15ClN2/c1-9(15)6-7-11-8-10-4-2-3-5-12(10)16-13(11)14/h2-5,8-9H,6-7,15H2,1H3/t9-/m0/s1. The first-order valence-electron chi connectivity index (χ1n) is 5.46. The molecule has 0 aliphatic heterocycles. The van der Waals surface area contributed by atoms with E-state index in [0.717, 1.165) is 29.3 Å². The van der Waals surface area contributed by atoms with Gasteiger partial charge in [0.25, 0.3) is 0 Å². The number of hydrogen-bond acceptors (Lipinski definition) is 2. The molecule has 0 saturated carbocycles. The van der Waals surface area contributed by atoms with E-state index < -0.39 is 0 Å². The lowest BCUT2D eigenvalue weighted by atomic mass is 10.1. The van der Waals surface area contributed by atoms with Gasteiger partial charge in [-0.05, 0) is 37.5 Å². The molecule has 1 heterocycles. The van der Waals surface area contributed by atoms with Gasteiger partial charge >= 0.3 is 0 Å². The predicted molar refractivity (Wildman–Crippen MR) is 68.7 cm³/mol.